The average molecular weight is 260 g/mol. The van der Waals surface area contributed by atoms with E-state index in [1.165, 1.54) is 17.0 Å². The van der Waals surface area contributed by atoms with E-state index < -0.39 is 5.82 Å². The fourth-order valence-corrected chi connectivity index (χ4v) is 2.66. The Bertz CT molecular complexity index is 558. The van der Waals surface area contributed by atoms with Gasteiger partial charge >= 0.3 is 0 Å². The van der Waals surface area contributed by atoms with Crippen LogP contribution in [0.3, 0.4) is 0 Å². The molecule has 0 aliphatic heterocycles. The lowest BCUT2D eigenvalue weighted by Gasteiger charge is -2.17. The molecule has 2 rings (SSSR count). The molecule has 1 unspecified atom stereocenters. The van der Waals surface area contributed by atoms with E-state index in [4.69, 9.17) is 5.26 Å². The summed E-state index contributed by atoms with van der Waals surface area (Å²) in [6.07, 6.45) is 0.902. The Kier molecular flexibility index (Phi) is 3.96. The van der Waals surface area contributed by atoms with Crippen LogP contribution in [0.2, 0.25) is 0 Å². The predicted molar refractivity (Wildman–Crippen MR) is 72.1 cm³/mol. The van der Waals surface area contributed by atoms with Crippen molar-refractivity contribution >= 4 is 17.0 Å². The third-order valence-electron chi connectivity index (χ3n) is 2.66. The Morgan fingerprint density at radius 3 is 2.89 bits per heavy atom. The molecule has 1 N–H and O–H groups in total. The molecular weight excluding hydrogens is 247 g/mol. The van der Waals surface area contributed by atoms with Gasteiger partial charge in [-0.1, -0.05) is 13.0 Å². The SMILES string of the molecule is CCC(Nc1cc(F)cc(C#N)c1)c1cccs1. The van der Waals surface area contributed by atoms with Crippen molar-refractivity contribution in [3.63, 3.8) is 0 Å². The van der Waals surface area contributed by atoms with Crippen LogP contribution in [0.1, 0.15) is 29.8 Å². The van der Waals surface area contributed by atoms with Crippen molar-refractivity contribution in [1.82, 2.24) is 0 Å². The monoisotopic (exact) mass is 260 g/mol. The highest BCUT2D eigenvalue weighted by Crippen LogP contribution is 2.26. The van der Waals surface area contributed by atoms with Gasteiger partial charge in [0, 0.05) is 10.6 Å². The van der Waals surface area contributed by atoms with E-state index in [0.29, 0.717) is 11.3 Å². The maximum absolute atomic E-state index is 13.3. The topological polar surface area (TPSA) is 35.8 Å². The summed E-state index contributed by atoms with van der Waals surface area (Å²) >= 11 is 1.67. The normalized spacial score (nSPS) is 11.8. The molecule has 0 aliphatic carbocycles. The first-order chi connectivity index (χ1) is 8.72. The molecule has 1 aromatic heterocycles. The highest BCUT2D eigenvalue weighted by atomic mass is 32.1. The average Bonchev–Trinajstić information content (AvgIpc) is 2.89. The highest BCUT2D eigenvalue weighted by molar-refractivity contribution is 7.10. The van der Waals surface area contributed by atoms with Gasteiger partial charge in [0.05, 0.1) is 17.7 Å². The molecule has 92 valence electrons. The van der Waals surface area contributed by atoms with Crippen molar-refractivity contribution in [2.24, 2.45) is 0 Å². The zero-order chi connectivity index (χ0) is 13.0. The van der Waals surface area contributed by atoms with E-state index in [0.717, 1.165) is 6.42 Å². The first-order valence-corrected chi connectivity index (χ1v) is 6.61. The summed E-state index contributed by atoms with van der Waals surface area (Å²) in [7, 11) is 0. The Morgan fingerprint density at radius 2 is 2.28 bits per heavy atom. The van der Waals surface area contributed by atoms with Crippen LogP contribution in [-0.2, 0) is 0 Å². The van der Waals surface area contributed by atoms with E-state index in [1.54, 1.807) is 17.4 Å². The molecule has 0 spiro atoms. The quantitative estimate of drug-likeness (QED) is 0.888. The minimum Gasteiger partial charge on any atom is -0.377 e. The molecule has 0 bridgehead atoms. The standard InChI is InChI=1S/C14H13FN2S/c1-2-13(14-4-3-5-18-14)17-12-7-10(9-16)6-11(15)8-12/h3-8,13,17H,2H2,1H3. The molecule has 0 amide bonds. The number of halogens is 1. The fourth-order valence-electron chi connectivity index (χ4n) is 1.80. The summed E-state index contributed by atoms with van der Waals surface area (Å²) in [4.78, 5) is 1.21. The number of nitrogens with zero attached hydrogens (tertiary/aromatic N) is 1. The van der Waals surface area contributed by atoms with Gasteiger partial charge in [0.1, 0.15) is 5.82 Å². The smallest absolute Gasteiger partial charge is 0.126 e. The summed E-state index contributed by atoms with van der Waals surface area (Å²) in [6.45, 7) is 2.07. The Labute approximate surface area is 110 Å². The minimum absolute atomic E-state index is 0.151. The molecule has 0 radical (unpaired) electrons. The Hall–Kier alpha value is -1.86. The van der Waals surface area contributed by atoms with Gasteiger partial charge < -0.3 is 5.32 Å². The van der Waals surface area contributed by atoms with Crippen LogP contribution in [-0.4, -0.2) is 0 Å². The molecule has 0 fully saturated rings. The molecule has 18 heavy (non-hydrogen) atoms. The maximum Gasteiger partial charge on any atom is 0.126 e. The first kappa shape index (κ1) is 12.6. The number of thiophene rings is 1. The lowest BCUT2D eigenvalue weighted by atomic mass is 10.1. The summed E-state index contributed by atoms with van der Waals surface area (Å²) in [5.41, 5.74) is 0.977. The molecule has 2 aromatic rings. The number of hydrogen-bond donors (Lipinski definition) is 1. The van der Waals surface area contributed by atoms with Crippen LogP contribution in [0.15, 0.2) is 35.7 Å². The zero-order valence-corrected chi connectivity index (χ0v) is 10.8. The summed E-state index contributed by atoms with van der Waals surface area (Å²) < 4.78 is 13.3. The molecular formula is C14H13FN2S. The van der Waals surface area contributed by atoms with Gasteiger partial charge in [-0.05, 0) is 36.1 Å². The lowest BCUT2D eigenvalue weighted by molar-refractivity contribution is 0.627. The highest BCUT2D eigenvalue weighted by Gasteiger charge is 2.11. The molecule has 1 heterocycles. The van der Waals surface area contributed by atoms with Crippen molar-refractivity contribution in [2.45, 2.75) is 19.4 Å². The Balaban J connectivity index is 2.22. The number of nitriles is 1. The van der Waals surface area contributed by atoms with Gasteiger partial charge in [0.15, 0.2) is 0 Å². The van der Waals surface area contributed by atoms with Crippen LogP contribution in [0, 0.1) is 17.1 Å². The van der Waals surface area contributed by atoms with Crippen molar-refractivity contribution in [3.05, 3.63) is 52.0 Å². The molecule has 0 aliphatic rings. The third-order valence-corrected chi connectivity index (χ3v) is 3.65. The van der Waals surface area contributed by atoms with E-state index in [-0.39, 0.29) is 6.04 Å². The predicted octanol–water partition coefficient (Wildman–Crippen LogP) is 4.32. The van der Waals surface area contributed by atoms with Crippen LogP contribution < -0.4 is 5.32 Å². The number of nitrogens with one attached hydrogen (secondary N) is 1. The van der Waals surface area contributed by atoms with Gasteiger partial charge in [-0.25, -0.2) is 4.39 Å². The summed E-state index contributed by atoms with van der Waals surface area (Å²) in [5.74, 6) is -0.391. The molecule has 0 saturated carbocycles. The second-order valence-corrected chi connectivity index (χ2v) is 4.94. The molecule has 0 saturated heterocycles. The first-order valence-electron chi connectivity index (χ1n) is 5.73. The van der Waals surface area contributed by atoms with Crippen LogP contribution in [0.25, 0.3) is 0 Å². The summed E-state index contributed by atoms with van der Waals surface area (Å²) in [6, 6.07) is 10.5. The number of benzene rings is 1. The largest absolute Gasteiger partial charge is 0.377 e. The van der Waals surface area contributed by atoms with Crippen LogP contribution in [0.4, 0.5) is 10.1 Å². The van der Waals surface area contributed by atoms with Gasteiger partial charge in [-0.15, -0.1) is 11.3 Å². The number of anilines is 1. The van der Waals surface area contributed by atoms with Gasteiger partial charge in [-0.2, -0.15) is 5.26 Å². The van der Waals surface area contributed by atoms with Crippen molar-refractivity contribution in [3.8, 4) is 6.07 Å². The van der Waals surface area contributed by atoms with Crippen molar-refractivity contribution in [1.29, 1.82) is 5.26 Å². The minimum atomic E-state index is -0.391. The van der Waals surface area contributed by atoms with Crippen molar-refractivity contribution < 1.29 is 4.39 Å². The van der Waals surface area contributed by atoms with Gasteiger partial charge in [0.25, 0.3) is 0 Å². The fraction of sp³-hybridized carbons (Fsp3) is 0.214. The maximum atomic E-state index is 13.3. The van der Waals surface area contributed by atoms with Crippen LogP contribution >= 0.6 is 11.3 Å². The molecule has 1 aromatic carbocycles. The Morgan fingerprint density at radius 1 is 1.44 bits per heavy atom. The number of rotatable bonds is 4. The van der Waals surface area contributed by atoms with E-state index in [2.05, 4.69) is 18.3 Å². The molecule has 1 atom stereocenters. The van der Waals surface area contributed by atoms with Crippen molar-refractivity contribution in [2.75, 3.05) is 5.32 Å². The lowest BCUT2D eigenvalue weighted by Crippen LogP contribution is -2.08. The second-order valence-electron chi connectivity index (χ2n) is 3.96. The third kappa shape index (κ3) is 2.88. The van der Waals surface area contributed by atoms with E-state index in [9.17, 15) is 4.39 Å². The van der Waals surface area contributed by atoms with Crippen LogP contribution in [0.5, 0.6) is 0 Å². The number of hydrogen-bond acceptors (Lipinski definition) is 3. The summed E-state index contributed by atoms with van der Waals surface area (Å²) in [5, 5.41) is 14.1. The van der Waals surface area contributed by atoms with Gasteiger partial charge in [0.2, 0.25) is 0 Å². The zero-order valence-electron chi connectivity index (χ0n) is 9.98. The molecule has 4 heteroatoms. The second kappa shape index (κ2) is 5.65. The molecule has 2 nitrogen and oxygen atoms in total. The van der Waals surface area contributed by atoms with Gasteiger partial charge in [-0.3, -0.25) is 0 Å². The van der Waals surface area contributed by atoms with E-state index in [1.807, 2.05) is 17.5 Å². The van der Waals surface area contributed by atoms with E-state index >= 15 is 0 Å².